The monoisotopic (exact) mass is 313 g/mol. The summed E-state index contributed by atoms with van der Waals surface area (Å²) >= 11 is 0. The highest BCUT2D eigenvalue weighted by atomic mass is 19.1. The highest BCUT2D eigenvalue weighted by molar-refractivity contribution is 6.04. The van der Waals surface area contributed by atoms with E-state index < -0.39 is 0 Å². The smallest absolute Gasteiger partial charge is 0.255 e. The van der Waals surface area contributed by atoms with E-state index in [1.165, 1.54) is 24.3 Å². The van der Waals surface area contributed by atoms with Crippen molar-refractivity contribution in [1.29, 1.82) is 0 Å². The normalized spacial score (nSPS) is 10.8. The quantitative estimate of drug-likeness (QED) is 0.687. The van der Waals surface area contributed by atoms with Gasteiger partial charge in [0.05, 0.1) is 12.0 Å². The Hall–Kier alpha value is -2.69. The van der Waals surface area contributed by atoms with Crippen molar-refractivity contribution >= 4 is 23.6 Å². The van der Waals surface area contributed by atoms with E-state index in [2.05, 4.69) is 10.3 Å². The third-order valence-corrected chi connectivity index (χ3v) is 3.33. The van der Waals surface area contributed by atoms with Crippen LogP contribution in [0.4, 0.5) is 15.8 Å². The number of aryl methyl sites for hydroxylation is 2. The molecule has 2 aromatic rings. The fourth-order valence-electron chi connectivity index (χ4n) is 2.05. The maximum Gasteiger partial charge on any atom is 0.255 e. The number of carbonyl (C=O) groups excluding carboxylic acids is 1. The van der Waals surface area contributed by atoms with Gasteiger partial charge in [0.15, 0.2) is 0 Å². The summed E-state index contributed by atoms with van der Waals surface area (Å²) in [4.78, 5) is 18.5. The van der Waals surface area contributed by atoms with Gasteiger partial charge >= 0.3 is 0 Å². The Balaban J connectivity index is 2.22. The Bertz CT molecular complexity index is 737. The van der Waals surface area contributed by atoms with E-state index in [4.69, 9.17) is 0 Å². The molecule has 23 heavy (non-hydrogen) atoms. The highest BCUT2D eigenvalue weighted by Crippen LogP contribution is 2.26. The molecule has 0 bridgehead atoms. The molecule has 5 heteroatoms. The van der Waals surface area contributed by atoms with Crippen LogP contribution in [-0.4, -0.2) is 31.2 Å². The first-order valence-electron chi connectivity index (χ1n) is 7.25. The van der Waals surface area contributed by atoms with Crippen LogP contribution < -0.4 is 5.32 Å². The molecule has 0 aliphatic heterocycles. The summed E-state index contributed by atoms with van der Waals surface area (Å²) in [6, 6.07) is 9.28. The molecular weight excluding hydrogens is 293 g/mol. The van der Waals surface area contributed by atoms with Crippen molar-refractivity contribution in [3.05, 3.63) is 58.9 Å². The van der Waals surface area contributed by atoms with E-state index in [0.717, 1.165) is 22.5 Å². The maximum absolute atomic E-state index is 12.9. The lowest BCUT2D eigenvalue weighted by Gasteiger charge is -2.12. The summed E-state index contributed by atoms with van der Waals surface area (Å²) in [6.07, 6.45) is 1.73. The van der Waals surface area contributed by atoms with E-state index >= 15 is 0 Å². The van der Waals surface area contributed by atoms with Crippen LogP contribution in [0.15, 0.2) is 41.4 Å². The highest BCUT2D eigenvalue weighted by Gasteiger charge is 2.10. The number of rotatable bonds is 4. The van der Waals surface area contributed by atoms with Gasteiger partial charge < -0.3 is 10.2 Å². The zero-order chi connectivity index (χ0) is 17.0. The van der Waals surface area contributed by atoms with Crippen LogP contribution in [-0.2, 0) is 0 Å². The Labute approximate surface area is 135 Å². The van der Waals surface area contributed by atoms with Crippen LogP contribution in [0.2, 0.25) is 0 Å². The number of amides is 1. The second-order valence-corrected chi connectivity index (χ2v) is 5.62. The number of halogens is 1. The Morgan fingerprint density at radius 1 is 1.13 bits per heavy atom. The van der Waals surface area contributed by atoms with Crippen LogP contribution in [0, 0.1) is 19.7 Å². The molecule has 0 radical (unpaired) electrons. The van der Waals surface area contributed by atoms with Crippen molar-refractivity contribution in [3.63, 3.8) is 0 Å². The molecule has 1 amide bonds. The molecule has 2 aromatic carbocycles. The molecule has 0 atom stereocenters. The molecular formula is C18H20FN3O. The van der Waals surface area contributed by atoms with Crippen LogP contribution in [0.25, 0.3) is 0 Å². The fourth-order valence-corrected chi connectivity index (χ4v) is 2.05. The molecule has 0 unspecified atom stereocenters. The van der Waals surface area contributed by atoms with Gasteiger partial charge in [-0.25, -0.2) is 9.38 Å². The summed E-state index contributed by atoms with van der Waals surface area (Å²) in [5.74, 6) is -0.631. The van der Waals surface area contributed by atoms with E-state index in [9.17, 15) is 9.18 Å². The molecule has 4 nitrogen and oxygen atoms in total. The van der Waals surface area contributed by atoms with Gasteiger partial charge in [-0.15, -0.1) is 0 Å². The molecule has 0 fully saturated rings. The Morgan fingerprint density at radius 3 is 2.39 bits per heavy atom. The lowest BCUT2D eigenvalue weighted by Crippen LogP contribution is -2.13. The summed E-state index contributed by atoms with van der Waals surface area (Å²) in [5.41, 5.74) is 3.87. The third-order valence-electron chi connectivity index (χ3n) is 3.33. The van der Waals surface area contributed by atoms with Gasteiger partial charge in [0.1, 0.15) is 5.82 Å². The van der Waals surface area contributed by atoms with Crippen LogP contribution in [0.3, 0.4) is 0 Å². The number of carbonyl (C=O) groups is 1. The first-order valence-corrected chi connectivity index (χ1v) is 7.25. The van der Waals surface area contributed by atoms with Crippen molar-refractivity contribution in [3.8, 4) is 0 Å². The van der Waals surface area contributed by atoms with E-state index in [1.54, 1.807) is 6.34 Å². The van der Waals surface area contributed by atoms with Gasteiger partial charge in [0, 0.05) is 25.3 Å². The molecule has 2 rings (SSSR count). The predicted molar refractivity (Wildman–Crippen MR) is 92.1 cm³/mol. The molecule has 0 aliphatic carbocycles. The standard InChI is InChI=1S/C18H20FN3O/c1-12-10-17(13(2)9-16(12)20-11-22(3)4)21-18(23)14-5-7-15(19)8-6-14/h5-11H,1-4H3,(H,21,23)/b20-11+. The average molecular weight is 313 g/mol. The van der Waals surface area contributed by atoms with Gasteiger partial charge in [-0.3, -0.25) is 4.79 Å². The van der Waals surface area contributed by atoms with Gasteiger partial charge in [0.2, 0.25) is 0 Å². The molecule has 120 valence electrons. The van der Waals surface area contributed by atoms with Crippen molar-refractivity contribution in [2.45, 2.75) is 13.8 Å². The second kappa shape index (κ2) is 7.05. The fraction of sp³-hybridized carbons (Fsp3) is 0.222. The minimum absolute atomic E-state index is 0.267. The summed E-state index contributed by atoms with van der Waals surface area (Å²) < 4.78 is 12.9. The average Bonchev–Trinajstić information content (AvgIpc) is 2.49. The van der Waals surface area contributed by atoms with Crippen LogP contribution in [0.5, 0.6) is 0 Å². The SMILES string of the molecule is Cc1cc(NC(=O)c2ccc(F)cc2)c(C)cc1/N=C/N(C)C. The number of benzene rings is 2. The Morgan fingerprint density at radius 2 is 1.78 bits per heavy atom. The lowest BCUT2D eigenvalue weighted by atomic mass is 10.1. The Kier molecular flexibility index (Phi) is 5.11. The number of anilines is 1. The largest absolute Gasteiger partial charge is 0.369 e. The topological polar surface area (TPSA) is 44.7 Å². The van der Waals surface area contributed by atoms with Crippen LogP contribution in [0.1, 0.15) is 21.5 Å². The summed E-state index contributed by atoms with van der Waals surface area (Å²) in [5, 5.41) is 2.86. The zero-order valence-corrected chi connectivity index (χ0v) is 13.7. The lowest BCUT2D eigenvalue weighted by molar-refractivity contribution is 0.102. The van der Waals surface area contributed by atoms with Gasteiger partial charge in [-0.2, -0.15) is 0 Å². The summed E-state index contributed by atoms with van der Waals surface area (Å²) in [6.45, 7) is 3.85. The molecule has 0 heterocycles. The minimum atomic E-state index is -0.364. The number of hydrogen-bond acceptors (Lipinski definition) is 2. The number of nitrogens with one attached hydrogen (secondary N) is 1. The minimum Gasteiger partial charge on any atom is -0.369 e. The van der Waals surface area contributed by atoms with Crippen molar-refractivity contribution in [2.24, 2.45) is 4.99 Å². The van der Waals surface area contributed by atoms with Crippen LogP contribution >= 0.6 is 0 Å². The van der Waals surface area contributed by atoms with Crippen molar-refractivity contribution in [1.82, 2.24) is 4.90 Å². The van der Waals surface area contributed by atoms with Gasteiger partial charge in [-0.05, 0) is 61.4 Å². The molecule has 0 aliphatic rings. The number of hydrogen-bond donors (Lipinski definition) is 1. The zero-order valence-electron chi connectivity index (χ0n) is 13.7. The van der Waals surface area contributed by atoms with Gasteiger partial charge in [0.25, 0.3) is 5.91 Å². The second-order valence-electron chi connectivity index (χ2n) is 5.62. The first-order chi connectivity index (χ1) is 10.9. The third kappa shape index (κ3) is 4.39. The maximum atomic E-state index is 12.9. The van der Waals surface area contributed by atoms with Crippen molar-refractivity contribution in [2.75, 3.05) is 19.4 Å². The van der Waals surface area contributed by atoms with E-state index in [-0.39, 0.29) is 11.7 Å². The van der Waals surface area contributed by atoms with Crippen molar-refractivity contribution < 1.29 is 9.18 Å². The number of nitrogens with zero attached hydrogens (tertiary/aromatic N) is 2. The first kappa shape index (κ1) is 16.7. The van der Waals surface area contributed by atoms with E-state index in [0.29, 0.717) is 5.56 Å². The predicted octanol–water partition coefficient (Wildman–Crippen LogP) is 3.92. The number of aliphatic imine (C=N–C) groups is 1. The van der Waals surface area contributed by atoms with E-state index in [1.807, 2.05) is 45.0 Å². The molecule has 0 aromatic heterocycles. The molecule has 0 saturated carbocycles. The molecule has 0 spiro atoms. The van der Waals surface area contributed by atoms with Gasteiger partial charge in [-0.1, -0.05) is 0 Å². The molecule has 1 N–H and O–H groups in total. The molecule has 0 saturated heterocycles. The summed E-state index contributed by atoms with van der Waals surface area (Å²) in [7, 11) is 3.81.